The Morgan fingerprint density at radius 1 is 1.40 bits per heavy atom. The molecule has 1 aromatic heterocycles. The lowest BCUT2D eigenvalue weighted by Crippen LogP contribution is -2.48. The van der Waals surface area contributed by atoms with Gasteiger partial charge in [0.25, 0.3) is 10.0 Å². The smallest absolute Gasteiger partial charge is 0.262 e. The van der Waals surface area contributed by atoms with Crippen LogP contribution >= 0.6 is 0 Å². The predicted molar refractivity (Wildman–Crippen MR) is 74.9 cm³/mol. The topological polar surface area (TPSA) is 87.3 Å². The first-order valence-corrected chi connectivity index (χ1v) is 8.14. The van der Waals surface area contributed by atoms with E-state index in [4.69, 9.17) is 4.74 Å². The van der Waals surface area contributed by atoms with Gasteiger partial charge in [-0.2, -0.15) is 9.40 Å². The molecule has 2 atom stereocenters. The fraction of sp³-hybridized carbons (Fsp3) is 0.750. The largest absolute Gasteiger partial charge is 0.373 e. The van der Waals surface area contributed by atoms with Crippen molar-refractivity contribution in [3.8, 4) is 0 Å². The third-order valence-corrected chi connectivity index (χ3v) is 5.16. The van der Waals surface area contributed by atoms with Gasteiger partial charge in [0.1, 0.15) is 0 Å². The van der Waals surface area contributed by atoms with Crippen LogP contribution in [0, 0.1) is 6.92 Å². The van der Waals surface area contributed by atoms with Gasteiger partial charge in [0, 0.05) is 30.9 Å². The minimum atomic E-state index is -3.59. The molecule has 2 rings (SSSR count). The van der Waals surface area contributed by atoms with Crippen LogP contribution in [0.4, 0.5) is 0 Å². The molecule has 1 aliphatic rings. The fourth-order valence-electron chi connectivity index (χ4n) is 2.48. The van der Waals surface area contributed by atoms with E-state index in [9.17, 15) is 8.42 Å². The SMILES string of the molecule is CNCc1c(S(=O)(=O)N2CC(C)OC(C)C2)n[nH]c1C. The van der Waals surface area contributed by atoms with Crippen LogP contribution in [0.3, 0.4) is 0 Å². The van der Waals surface area contributed by atoms with E-state index in [2.05, 4.69) is 15.5 Å². The molecule has 0 aromatic carbocycles. The minimum Gasteiger partial charge on any atom is -0.373 e. The predicted octanol–water partition coefficient (Wildman–Crippen LogP) is 0.235. The lowest BCUT2D eigenvalue weighted by atomic mass is 10.3. The van der Waals surface area contributed by atoms with Gasteiger partial charge in [-0.1, -0.05) is 0 Å². The van der Waals surface area contributed by atoms with E-state index in [0.717, 1.165) is 5.69 Å². The Balaban J connectivity index is 2.35. The second-order valence-electron chi connectivity index (χ2n) is 5.24. The molecule has 0 aliphatic carbocycles. The van der Waals surface area contributed by atoms with Crippen LogP contribution in [-0.4, -0.2) is 55.3 Å². The van der Waals surface area contributed by atoms with E-state index in [-0.39, 0.29) is 17.2 Å². The van der Waals surface area contributed by atoms with E-state index in [0.29, 0.717) is 25.2 Å². The molecule has 1 saturated heterocycles. The highest BCUT2D eigenvalue weighted by Gasteiger charge is 2.35. The number of aromatic nitrogens is 2. The highest BCUT2D eigenvalue weighted by Crippen LogP contribution is 2.23. The normalized spacial score (nSPS) is 25.0. The second-order valence-corrected chi connectivity index (χ2v) is 7.10. The van der Waals surface area contributed by atoms with E-state index >= 15 is 0 Å². The summed E-state index contributed by atoms with van der Waals surface area (Å²) >= 11 is 0. The monoisotopic (exact) mass is 302 g/mol. The molecule has 1 aliphatic heterocycles. The molecule has 0 bridgehead atoms. The van der Waals surface area contributed by atoms with Crippen molar-refractivity contribution >= 4 is 10.0 Å². The zero-order valence-corrected chi connectivity index (χ0v) is 13.1. The summed E-state index contributed by atoms with van der Waals surface area (Å²) in [7, 11) is -1.81. The molecule has 8 heteroatoms. The van der Waals surface area contributed by atoms with Crippen molar-refractivity contribution in [2.24, 2.45) is 0 Å². The standard InChI is InChI=1S/C12H22N4O3S/c1-8-6-16(7-9(2)19-8)20(17,18)12-11(5-13-4)10(3)14-15-12/h8-9,13H,5-7H2,1-4H3,(H,14,15). The Labute approximate surface area is 119 Å². The summed E-state index contributed by atoms with van der Waals surface area (Å²) in [6, 6.07) is 0. The number of hydrogen-bond donors (Lipinski definition) is 2. The molecule has 2 N–H and O–H groups in total. The molecule has 0 spiro atoms. The van der Waals surface area contributed by atoms with E-state index in [1.807, 2.05) is 20.8 Å². The van der Waals surface area contributed by atoms with Crippen molar-refractivity contribution in [1.82, 2.24) is 19.8 Å². The van der Waals surface area contributed by atoms with E-state index < -0.39 is 10.0 Å². The summed E-state index contributed by atoms with van der Waals surface area (Å²) in [4.78, 5) is 0. The molecular formula is C12H22N4O3S. The molecule has 114 valence electrons. The zero-order chi connectivity index (χ0) is 14.9. The number of aryl methyl sites for hydroxylation is 1. The first-order valence-electron chi connectivity index (χ1n) is 6.70. The van der Waals surface area contributed by atoms with Gasteiger partial charge in [-0.3, -0.25) is 5.10 Å². The molecule has 2 heterocycles. The molecule has 20 heavy (non-hydrogen) atoms. The number of rotatable bonds is 4. The van der Waals surface area contributed by atoms with Crippen molar-refractivity contribution in [3.05, 3.63) is 11.3 Å². The number of nitrogens with zero attached hydrogens (tertiary/aromatic N) is 2. The summed E-state index contributed by atoms with van der Waals surface area (Å²) in [5, 5.41) is 9.85. The van der Waals surface area contributed by atoms with Gasteiger partial charge < -0.3 is 10.1 Å². The summed E-state index contributed by atoms with van der Waals surface area (Å²) in [6.45, 7) is 6.76. The molecule has 2 unspecified atom stereocenters. The van der Waals surface area contributed by atoms with Crippen molar-refractivity contribution < 1.29 is 13.2 Å². The van der Waals surface area contributed by atoms with Crippen LogP contribution in [0.1, 0.15) is 25.1 Å². The molecule has 0 saturated carbocycles. The van der Waals surface area contributed by atoms with Crippen LogP contribution < -0.4 is 5.32 Å². The number of nitrogens with one attached hydrogen (secondary N) is 2. The van der Waals surface area contributed by atoms with E-state index in [1.165, 1.54) is 4.31 Å². The number of H-pyrrole nitrogens is 1. The fourth-order valence-corrected chi connectivity index (χ4v) is 4.23. The molecule has 0 amide bonds. The van der Waals surface area contributed by atoms with E-state index in [1.54, 1.807) is 7.05 Å². The van der Waals surface area contributed by atoms with Crippen molar-refractivity contribution in [3.63, 3.8) is 0 Å². The maximum Gasteiger partial charge on any atom is 0.262 e. The Kier molecular flexibility index (Phi) is 4.48. The van der Waals surface area contributed by atoms with Crippen LogP contribution in [0.15, 0.2) is 5.03 Å². The Morgan fingerprint density at radius 2 is 2.00 bits per heavy atom. The molecular weight excluding hydrogens is 280 g/mol. The molecule has 1 fully saturated rings. The number of sulfonamides is 1. The summed E-state index contributed by atoms with van der Waals surface area (Å²) in [5.41, 5.74) is 1.46. The van der Waals surface area contributed by atoms with Gasteiger partial charge in [0.15, 0.2) is 5.03 Å². The van der Waals surface area contributed by atoms with Crippen molar-refractivity contribution in [2.75, 3.05) is 20.1 Å². The van der Waals surface area contributed by atoms with Gasteiger partial charge in [-0.05, 0) is 27.8 Å². The first kappa shape index (κ1) is 15.4. The Bertz CT molecular complexity index is 559. The number of morpholine rings is 1. The Hall–Kier alpha value is -0.960. The average molecular weight is 302 g/mol. The molecule has 1 aromatic rings. The average Bonchev–Trinajstić information content (AvgIpc) is 2.71. The number of aromatic amines is 1. The number of ether oxygens (including phenoxy) is 1. The van der Waals surface area contributed by atoms with Crippen molar-refractivity contribution in [1.29, 1.82) is 0 Å². The van der Waals surface area contributed by atoms with Crippen LogP contribution in [0.25, 0.3) is 0 Å². The van der Waals surface area contributed by atoms with Crippen molar-refractivity contribution in [2.45, 2.75) is 44.5 Å². The third-order valence-electron chi connectivity index (χ3n) is 3.36. The van der Waals surface area contributed by atoms with Crippen LogP contribution in [0.5, 0.6) is 0 Å². The second kappa shape index (κ2) is 5.80. The van der Waals surface area contributed by atoms with Gasteiger partial charge in [-0.15, -0.1) is 0 Å². The lowest BCUT2D eigenvalue weighted by molar-refractivity contribution is -0.0441. The maximum atomic E-state index is 12.7. The highest BCUT2D eigenvalue weighted by molar-refractivity contribution is 7.89. The number of hydrogen-bond acceptors (Lipinski definition) is 5. The zero-order valence-electron chi connectivity index (χ0n) is 12.3. The third kappa shape index (κ3) is 2.88. The molecule has 7 nitrogen and oxygen atoms in total. The summed E-state index contributed by atoms with van der Waals surface area (Å²) < 4.78 is 32.5. The first-order chi connectivity index (χ1) is 9.36. The molecule has 0 radical (unpaired) electrons. The minimum absolute atomic E-state index is 0.110. The quantitative estimate of drug-likeness (QED) is 0.831. The van der Waals surface area contributed by atoms with Crippen LogP contribution in [-0.2, 0) is 21.3 Å². The maximum absolute atomic E-state index is 12.7. The van der Waals surface area contributed by atoms with Gasteiger partial charge in [0.05, 0.1) is 12.2 Å². The lowest BCUT2D eigenvalue weighted by Gasteiger charge is -2.34. The van der Waals surface area contributed by atoms with Gasteiger partial charge in [-0.25, -0.2) is 8.42 Å². The highest BCUT2D eigenvalue weighted by atomic mass is 32.2. The summed E-state index contributed by atoms with van der Waals surface area (Å²) in [5.74, 6) is 0. The Morgan fingerprint density at radius 3 is 2.55 bits per heavy atom. The summed E-state index contributed by atoms with van der Waals surface area (Å²) in [6.07, 6.45) is -0.220. The van der Waals surface area contributed by atoms with Gasteiger partial charge >= 0.3 is 0 Å². The van der Waals surface area contributed by atoms with Gasteiger partial charge in [0.2, 0.25) is 0 Å². The van der Waals surface area contributed by atoms with Crippen LogP contribution in [0.2, 0.25) is 0 Å².